The molecule has 2 aliphatic rings. The van der Waals surface area contributed by atoms with E-state index in [0.29, 0.717) is 32.3 Å². The molecular weight excluding hydrogens is 224 g/mol. The average molecular weight is 240 g/mol. The summed E-state index contributed by atoms with van der Waals surface area (Å²) < 4.78 is 4.95. The molecule has 1 saturated heterocycles. The van der Waals surface area contributed by atoms with E-state index in [1.54, 1.807) is 6.92 Å². The van der Waals surface area contributed by atoms with Gasteiger partial charge in [-0.25, -0.2) is 4.79 Å². The van der Waals surface area contributed by atoms with Crippen LogP contribution in [0, 0.1) is 5.92 Å². The molecule has 1 spiro atoms. The van der Waals surface area contributed by atoms with Crippen LogP contribution >= 0.6 is 0 Å². The van der Waals surface area contributed by atoms with Crippen LogP contribution in [0.15, 0.2) is 0 Å². The topological polar surface area (TPSA) is 84.5 Å². The molecule has 6 nitrogen and oxygen atoms in total. The number of urea groups is 1. The summed E-state index contributed by atoms with van der Waals surface area (Å²) in [4.78, 5) is 34.3. The molecule has 0 atom stereocenters. The van der Waals surface area contributed by atoms with Gasteiger partial charge in [-0.3, -0.25) is 14.9 Å². The number of nitrogens with one attached hydrogen (secondary N) is 2. The number of esters is 1. The Kier molecular flexibility index (Phi) is 3.04. The molecule has 1 aliphatic carbocycles. The van der Waals surface area contributed by atoms with Crippen LogP contribution < -0.4 is 10.6 Å². The third kappa shape index (κ3) is 2.11. The van der Waals surface area contributed by atoms with Gasteiger partial charge in [0.2, 0.25) is 0 Å². The molecule has 0 radical (unpaired) electrons. The number of ether oxygens (including phenoxy) is 1. The summed E-state index contributed by atoms with van der Waals surface area (Å²) in [6, 6.07) is -0.440. The Hall–Kier alpha value is -1.59. The first-order valence-corrected chi connectivity index (χ1v) is 5.87. The van der Waals surface area contributed by atoms with Crippen molar-refractivity contribution in [3.8, 4) is 0 Å². The molecule has 1 heterocycles. The minimum Gasteiger partial charge on any atom is -0.466 e. The molecule has 17 heavy (non-hydrogen) atoms. The highest BCUT2D eigenvalue weighted by Gasteiger charge is 2.49. The quantitative estimate of drug-likeness (QED) is 0.537. The van der Waals surface area contributed by atoms with Crippen LogP contribution in [0.5, 0.6) is 0 Å². The summed E-state index contributed by atoms with van der Waals surface area (Å²) in [6.07, 6.45) is 2.14. The zero-order valence-corrected chi connectivity index (χ0v) is 9.75. The molecule has 2 fully saturated rings. The molecular formula is C11H16N2O4. The van der Waals surface area contributed by atoms with E-state index in [4.69, 9.17) is 4.74 Å². The number of carbonyl (C=O) groups is 3. The van der Waals surface area contributed by atoms with Gasteiger partial charge < -0.3 is 10.1 Å². The number of rotatable bonds is 2. The first-order chi connectivity index (χ1) is 8.07. The Morgan fingerprint density at radius 3 is 2.53 bits per heavy atom. The second-order valence-electron chi connectivity index (χ2n) is 4.52. The predicted octanol–water partition coefficient (Wildman–Crippen LogP) is 0.318. The molecule has 94 valence electrons. The van der Waals surface area contributed by atoms with E-state index in [1.807, 2.05) is 0 Å². The van der Waals surface area contributed by atoms with Gasteiger partial charge >= 0.3 is 12.0 Å². The molecule has 2 rings (SSSR count). The Bertz CT molecular complexity index is 358. The number of hydrogen-bond donors (Lipinski definition) is 2. The molecule has 0 aromatic heterocycles. The molecule has 0 bridgehead atoms. The van der Waals surface area contributed by atoms with E-state index in [0.717, 1.165) is 0 Å². The number of amides is 3. The van der Waals surface area contributed by atoms with Crippen LogP contribution in [0.3, 0.4) is 0 Å². The van der Waals surface area contributed by atoms with Crippen molar-refractivity contribution < 1.29 is 19.1 Å². The predicted molar refractivity (Wildman–Crippen MR) is 58.0 cm³/mol. The highest BCUT2D eigenvalue weighted by molar-refractivity contribution is 6.07. The van der Waals surface area contributed by atoms with Crippen molar-refractivity contribution >= 4 is 17.9 Å². The first kappa shape index (κ1) is 11.9. The fourth-order valence-corrected chi connectivity index (χ4v) is 2.49. The van der Waals surface area contributed by atoms with E-state index >= 15 is 0 Å². The molecule has 3 amide bonds. The van der Waals surface area contributed by atoms with Crippen LogP contribution in [0.25, 0.3) is 0 Å². The van der Waals surface area contributed by atoms with Gasteiger partial charge in [0, 0.05) is 0 Å². The Labute approximate surface area is 99.1 Å². The normalized spacial score (nSPS) is 32.2. The lowest BCUT2D eigenvalue weighted by atomic mass is 9.76. The van der Waals surface area contributed by atoms with E-state index in [2.05, 4.69) is 10.6 Å². The summed E-state index contributed by atoms with van der Waals surface area (Å²) in [6.45, 7) is 2.14. The third-order valence-electron chi connectivity index (χ3n) is 3.47. The Balaban J connectivity index is 1.96. The largest absolute Gasteiger partial charge is 0.466 e. The van der Waals surface area contributed by atoms with Crippen LogP contribution in [0.4, 0.5) is 4.79 Å². The maximum absolute atomic E-state index is 11.7. The van der Waals surface area contributed by atoms with Crippen molar-refractivity contribution in [3.05, 3.63) is 0 Å². The lowest BCUT2D eigenvalue weighted by molar-refractivity contribution is -0.150. The minimum absolute atomic E-state index is 0.147. The van der Waals surface area contributed by atoms with Gasteiger partial charge in [0.25, 0.3) is 5.91 Å². The second-order valence-corrected chi connectivity index (χ2v) is 4.52. The molecule has 2 N–H and O–H groups in total. The van der Waals surface area contributed by atoms with Gasteiger partial charge in [0.05, 0.1) is 12.5 Å². The van der Waals surface area contributed by atoms with Crippen molar-refractivity contribution in [2.75, 3.05) is 6.61 Å². The molecule has 0 aromatic rings. The number of hydrogen-bond acceptors (Lipinski definition) is 4. The summed E-state index contributed by atoms with van der Waals surface area (Å²) in [5, 5.41) is 4.90. The Morgan fingerprint density at radius 1 is 1.41 bits per heavy atom. The van der Waals surface area contributed by atoms with Crippen molar-refractivity contribution in [1.82, 2.24) is 10.6 Å². The van der Waals surface area contributed by atoms with Crippen LogP contribution in [-0.2, 0) is 14.3 Å². The van der Waals surface area contributed by atoms with Gasteiger partial charge in [-0.1, -0.05) is 0 Å². The summed E-state index contributed by atoms with van der Waals surface area (Å²) in [5.41, 5.74) is -0.792. The monoisotopic (exact) mass is 240 g/mol. The molecule has 6 heteroatoms. The SMILES string of the molecule is CCOC(=O)C1CCC2(CC1)NC(=O)NC2=O. The number of imide groups is 1. The summed E-state index contributed by atoms with van der Waals surface area (Å²) >= 11 is 0. The van der Waals surface area contributed by atoms with Gasteiger partial charge in [-0.2, -0.15) is 0 Å². The highest BCUT2D eigenvalue weighted by atomic mass is 16.5. The lowest BCUT2D eigenvalue weighted by Gasteiger charge is -2.33. The fourth-order valence-electron chi connectivity index (χ4n) is 2.49. The lowest BCUT2D eigenvalue weighted by Crippen LogP contribution is -2.50. The van der Waals surface area contributed by atoms with Crippen molar-refractivity contribution in [2.24, 2.45) is 5.92 Å². The van der Waals surface area contributed by atoms with Gasteiger partial charge in [0.1, 0.15) is 5.54 Å². The molecule has 0 aromatic carbocycles. The third-order valence-corrected chi connectivity index (χ3v) is 3.47. The van der Waals surface area contributed by atoms with Gasteiger partial charge in [-0.05, 0) is 32.6 Å². The summed E-state index contributed by atoms with van der Waals surface area (Å²) in [7, 11) is 0. The minimum atomic E-state index is -0.792. The average Bonchev–Trinajstić information content (AvgIpc) is 2.55. The van der Waals surface area contributed by atoms with Crippen LogP contribution in [0.1, 0.15) is 32.6 Å². The van der Waals surface area contributed by atoms with E-state index < -0.39 is 11.6 Å². The zero-order valence-electron chi connectivity index (χ0n) is 9.75. The highest BCUT2D eigenvalue weighted by Crippen LogP contribution is 2.34. The standard InChI is InChI=1S/C11H16N2O4/c1-2-17-8(14)7-3-5-11(6-4-7)9(15)12-10(16)13-11/h7H,2-6H2,1H3,(H2,12,13,15,16). The summed E-state index contributed by atoms with van der Waals surface area (Å²) in [5.74, 6) is -0.622. The zero-order chi connectivity index (χ0) is 12.5. The van der Waals surface area contributed by atoms with Crippen molar-refractivity contribution in [3.63, 3.8) is 0 Å². The van der Waals surface area contributed by atoms with Gasteiger partial charge in [0.15, 0.2) is 0 Å². The van der Waals surface area contributed by atoms with Crippen LogP contribution in [0.2, 0.25) is 0 Å². The van der Waals surface area contributed by atoms with Gasteiger partial charge in [-0.15, -0.1) is 0 Å². The molecule has 0 unspecified atom stereocenters. The van der Waals surface area contributed by atoms with E-state index in [1.165, 1.54) is 0 Å². The maximum atomic E-state index is 11.7. The van der Waals surface area contributed by atoms with E-state index in [9.17, 15) is 14.4 Å². The number of carbonyl (C=O) groups excluding carboxylic acids is 3. The van der Waals surface area contributed by atoms with E-state index in [-0.39, 0.29) is 17.8 Å². The van der Waals surface area contributed by atoms with Crippen LogP contribution in [-0.4, -0.2) is 30.1 Å². The smallest absolute Gasteiger partial charge is 0.322 e. The Morgan fingerprint density at radius 2 is 2.06 bits per heavy atom. The second kappa shape index (κ2) is 4.35. The first-order valence-electron chi connectivity index (χ1n) is 5.87. The molecule has 1 saturated carbocycles. The maximum Gasteiger partial charge on any atom is 0.322 e. The van der Waals surface area contributed by atoms with Crippen molar-refractivity contribution in [2.45, 2.75) is 38.1 Å². The molecule has 1 aliphatic heterocycles. The van der Waals surface area contributed by atoms with Crippen molar-refractivity contribution in [1.29, 1.82) is 0 Å². The fraction of sp³-hybridized carbons (Fsp3) is 0.727.